The molecule has 86 valence electrons. The van der Waals surface area contributed by atoms with E-state index in [0.29, 0.717) is 11.8 Å². The van der Waals surface area contributed by atoms with Gasteiger partial charge in [-0.15, -0.1) is 0 Å². The fourth-order valence-corrected chi connectivity index (χ4v) is 1.91. The number of nitrogens with two attached hydrogens (primary N) is 1. The summed E-state index contributed by atoms with van der Waals surface area (Å²) in [4.78, 5) is 11.7. The molecule has 3 nitrogen and oxygen atoms in total. The van der Waals surface area contributed by atoms with E-state index in [-0.39, 0.29) is 18.0 Å². The fraction of sp³-hybridized carbons (Fsp3) is 0.917. The van der Waals surface area contributed by atoms with E-state index in [4.69, 9.17) is 10.5 Å². The summed E-state index contributed by atoms with van der Waals surface area (Å²) < 4.78 is 5.56. The third kappa shape index (κ3) is 2.71. The third-order valence-electron chi connectivity index (χ3n) is 3.42. The first kappa shape index (κ1) is 10.9. The zero-order chi connectivity index (χ0) is 11.0. The number of hydrogen-bond acceptors (Lipinski definition) is 3. The first-order valence-electron chi connectivity index (χ1n) is 6.05. The monoisotopic (exact) mass is 211 g/mol. The van der Waals surface area contributed by atoms with Crippen LogP contribution in [0.15, 0.2) is 0 Å². The van der Waals surface area contributed by atoms with Crippen molar-refractivity contribution in [3.8, 4) is 0 Å². The van der Waals surface area contributed by atoms with E-state index in [0.717, 1.165) is 0 Å². The van der Waals surface area contributed by atoms with Crippen LogP contribution in [0.1, 0.15) is 39.5 Å². The SMILES string of the molecule is CC(C)[C@H](N)C(=O)OC(C1CC1)C1CC1. The maximum atomic E-state index is 11.7. The Bertz CT molecular complexity index is 232. The van der Waals surface area contributed by atoms with Crippen molar-refractivity contribution in [2.24, 2.45) is 23.5 Å². The zero-order valence-corrected chi connectivity index (χ0v) is 9.61. The molecule has 0 spiro atoms. The molecule has 15 heavy (non-hydrogen) atoms. The van der Waals surface area contributed by atoms with Gasteiger partial charge in [0.15, 0.2) is 0 Å². The molecule has 2 aliphatic carbocycles. The second-order valence-electron chi connectivity index (χ2n) is 5.35. The molecule has 3 heteroatoms. The van der Waals surface area contributed by atoms with Gasteiger partial charge < -0.3 is 10.5 Å². The van der Waals surface area contributed by atoms with Gasteiger partial charge >= 0.3 is 5.97 Å². The van der Waals surface area contributed by atoms with E-state index in [1.54, 1.807) is 0 Å². The highest BCUT2D eigenvalue weighted by Crippen LogP contribution is 2.46. The van der Waals surface area contributed by atoms with Crippen molar-refractivity contribution in [2.75, 3.05) is 0 Å². The smallest absolute Gasteiger partial charge is 0.323 e. The molecule has 0 aromatic rings. The van der Waals surface area contributed by atoms with E-state index >= 15 is 0 Å². The largest absolute Gasteiger partial charge is 0.461 e. The third-order valence-corrected chi connectivity index (χ3v) is 3.42. The molecular weight excluding hydrogens is 190 g/mol. The average molecular weight is 211 g/mol. The summed E-state index contributed by atoms with van der Waals surface area (Å²) in [5.74, 6) is 1.24. The van der Waals surface area contributed by atoms with Crippen molar-refractivity contribution < 1.29 is 9.53 Å². The molecule has 0 saturated heterocycles. The molecule has 0 aromatic carbocycles. The standard InChI is InChI=1S/C12H21NO2/c1-7(2)10(13)12(14)15-11(8-3-4-8)9-5-6-9/h7-11H,3-6,13H2,1-2H3/t10-/m0/s1. The summed E-state index contributed by atoms with van der Waals surface area (Å²) in [6, 6.07) is -0.454. The number of carbonyl (C=O) groups excluding carboxylic acids is 1. The molecule has 2 aliphatic rings. The lowest BCUT2D eigenvalue weighted by Crippen LogP contribution is -2.39. The predicted octanol–water partition coefficient (Wildman–Crippen LogP) is 1.70. The number of ether oxygens (including phenoxy) is 1. The van der Waals surface area contributed by atoms with Gasteiger partial charge in [-0.1, -0.05) is 13.8 Å². The lowest BCUT2D eigenvalue weighted by atomic mass is 10.1. The van der Waals surface area contributed by atoms with E-state index in [1.165, 1.54) is 25.7 Å². The number of rotatable bonds is 5. The Balaban J connectivity index is 1.85. The highest BCUT2D eigenvalue weighted by molar-refractivity contribution is 5.76. The molecule has 0 amide bonds. The summed E-state index contributed by atoms with van der Waals surface area (Å²) >= 11 is 0. The number of hydrogen-bond donors (Lipinski definition) is 1. The minimum Gasteiger partial charge on any atom is -0.461 e. The minimum absolute atomic E-state index is 0.163. The van der Waals surface area contributed by atoms with Gasteiger partial charge in [0.25, 0.3) is 0 Å². The van der Waals surface area contributed by atoms with Crippen LogP contribution in [0.25, 0.3) is 0 Å². The van der Waals surface area contributed by atoms with Gasteiger partial charge in [-0.2, -0.15) is 0 Å². The number of esters is 1. The predicted molar refractivity (Wildman–Crippen MR) is 58.1 cm³/mol. The Kier molecular flexibility index (Phi) is 3.01. The summed E-state index contributed by atoms with van der Waals surface area (Å²) in [5, 5.41) is 0. The molecule has 2 N–H and O–H groups in total. The van der Waals surface area contributed by atoms with Crippen LogP contribution in [0.2, 0.25) is 0 Å². The molecule has 2 rings (SSSR count). The van der Waals surface area contributed by atoms with Gasteiger partial charge in [0.2, 0.25) is 0 Å². The highest BCUT2D eigenvalue weighted by atomic mass is 16.5. The van der Waals surface area contributed by atoms with Crippen LogP contribution in [-0.2, 0) is 9.53 Å². The zero-order valence-electron chi connectivity index (χ0n) is 9.61. The van der Waals surface area contributed by atoms with Crippen LogP contribution in [-0.4, -0.2) is 18.1 Å². The fourth-order valence-electron chi connectivity index (χ4n) is 1.91. The Morgan fingerprint density at radius 2 is 1.67 bits per heavy atom. The molecule has 1 atom stereocenters. The van der Waals surface area contributed by atoms with Gasteiger partial charge in [0.1, 0.15) is 12.1 Å². The Morgan fingerprint density at radius 1 is 1.20 bits per heavy atom. The maximum Gasteiger partial charge on any atom is 0.323 e. The molecular formula is C12H21NO2. The van der Waals surface area contributed by atoms with Crippen LogP contribution < -0.4 is 5.73 Å². The maximum absolute atomic E-state index is 11.7. The quantitative estimate of drug-likeness (QED) is 0.704. The Hall–Kier alpha value is -0.570. The van der Waals surface area contributed by atoms with Gasteiger partial charge in [-0.3, -0.25) is 4.79 Å². The molecule has 0 bridgehead atoms. The van der Waals surface area contributed by atoms with E-state index in [2.05, 4.69) is 0 Å². The van der Waals surface area contributed by atoms with Crippen molar-refractivity contribution in [1.82, 2.24) is 0 Å². The van der Waals surface area contributed by atoms with Crippen LogP contribution in [0.3, 0.4) is 0 Å². The van der Waals surface area contributed by atoms with Crippen LogP contribution >= 0.6 is 0 Å². The number of carbonyl (C=O) groups is 1. The normalized spacial score (nSPS) is 23.3. The van der Waals surface area contributed by atoms with Gasteiger partial charge in [-0.05, 0) is 43.4 Å². The Labute approximate surface area is 91.4 Å². The van der Waals surface area contributed by atoms with Crippen LogP contribution in [0.5, 0.6) is 0 Å². The first-order valence-corrected chi connectivity index (χ1v) is 6.05. The molecule has 0 aromatic heterocycles. The van der Waals surface area contributed by atoms with E-state index in [9.17, 15) is 4.79 Å². The van der Waals surface area contributed by atoms with Crippen molar-refractivity contribution in [2.45, 2.75) is 51.7 Å². The van der Waals surface area contributed by atoms with Crippen LogP contribution in [0, 0.1) is 17.8 Å². The van der Waals surface area contributed by atoms with Gasteiger partial charge in [0, 0.05) is 0 Å². The molecule has 0 radical (unpaired) electrons. The summed E-state index contributed by atoms with van der Waals surface area (Å²) in [6.07, 6.45) is 5.09. The first-order chi connectivity index (χ1) is 7.09. The summed E-state index contributed by atoms with van der Waals surface area (Å²) in [7, 11) is 0. The van der Waals surface area contributed by atoms with E-state index < -0.39 is 6.04 Å². The molecule has 0 aliphatic heterocycles. The minimum atomic E-state index is -0.454. The Morgan fingerprint density at radius 3 is 2.00 bits per heavy atom. The van der Waals surface area contributed by atoms with Crippen molar-refractivity contribution in [1.29, 1.82) is 0 Å². The van der Waals surface area contributed by atoms with Crippen LogP contribution in [0.4, 0.5) is 0 Å². The second kappa shape index (κ2) is 4.12. The highest BCUT2D eigenvalue weighted by Gasteiger charge is 2.44. The average Bonchev–Trinajstić information content (AvgIpc) is 3.03. The van der Waals surface area contributed by atoms with Gasteiger partial charge in [0.05, 0.1) is 0 Å². The lowest BCUT2D eigenvalue weighted by molar-refractivity contribution is -0.154. The second-order valence-corrected chi connectivity index (χ2v) is 5.35. The van der Waals surface area contributed by atoms with Crippen molar-refractivity contribution in [3.63, 3.8) is 0 Å². The molecule has 2 fully saturated rings. The molecule has 2 saturated carbocycles. The topological polar surface area (TPSA) is 52.3 Å². The lowest BCUT2D eigenvalue weighted by Gasteiger charge is -2.21. The van der Waals surface area contributed by atoms with Gasteiger partial charge in [-0.25, -0.2) is 0 Å². The summed E-state index contributed by atoms with van der Waals surface area (Å²) in [6.45, 7) is 3.91. The van der Waals surface area contributed by atoms with Crippen molar-refractivity contribution >= 4 is 5.97 Å². The molecule has 0 heterocycles. The van der Waals surface area contributed by atoms with Crippen molar-refractivity contribution in [3.05, 3.63) is 0 Å². The summed E-state index contributed by atoms with van der Waals surface area (Å²) in [5.41, 5.74) is 5.77. The van der Waals surface area contributed by atoms with E-state index in [1.807, 2.05) is 13.8 Å². The molecule has 0 unspecified atom stereocenters.